The first-order chi connectivity index (χ1) is 14.4. The van der Waals surface area contributed by atoms with Crippen LogP contribution < -0.4 is 4.90 Å². The molecule has 0 amide bonds. The molecule has 3 nitrogen and oxygen atoms in total. The topological polar surface area (TPSA) is 26.7 Å². The Morgan fingerprint density at radius 3 is 1.68 bits per heavy atom. The highest BCUT2D eigenvalue weighted by atomic mass is 16.3. The Morgan fingerprint density at radius 2 is 1.26 bits per heavy atom. The lowest BCUT2D eigenvalue weighted by Gasteiger charge is -2.37. The van der Waals surface area contributed by atoms with Crippen LogP contribution in [0.2, 0.25) is 0 Å². The van der Waals surface area contributed by atoms with Crippen LogP contribution in [0.5, 0.6) is 5.75 Å². The molecule has 170 valence electrons. The van der Waals surface area contributed by atoms with Gasteiger partial charge in [-0.3, -0.25) is 4.90 Å². The van der Waals surface area contributed by atoms with Gasteiger partial charge in [0.15, 0.2) is 0 Å². The normalized spacial score (nSPS) is 16.9. The van der Waals surface area contributed by atoms with E-state index in [9.17, 15) is 5.11 Å². The molecule has 3 rings (SSSR count). The maximum atomic E-state index is 11.2. The van der Waals surface area contributed by atoms with Crippen LogP contribution in [0.4, 0.5) is 5.69 Å². The van der Waals surface area contributed by atoms with Crippen molar-refractivity contribution >= 4 is 5.69 Å². The number of aromatic hydroxyl groups is 1. The number of benzene rings is 2. The Kier molecular flexibility index (Phi) is 6.76. The van der Waals surface area contributed by atoms with Crippen molar-refractivity contribution in [2.24, 2.45) is 0 Å². The maximum Gasteiger partial charge on any atom is 0.123 e. The molecule has 0 saturated carbocycles. The van der Waals surface area contributed by atoms with Gasteiger partial charge in [-0.05, 0) is 83.3 Å². The van der Waals surface area contributed by atoms with Gasteiger partial charge in [-0.2, -0.15) is 0 Å². The summed E-state index contributed by atoms with van der Waals surface area (Å²) in [6.07, 6.45) is 3.82. The van der Waals surface area contributed by atoms with Gasteiger partial charge in [-0.25, -0.2) is 0 Å². The Hall–Kier alpha value is -2.00. The quantitative estimate of drug-likeness (QED) is 0.599. The van der Waals surface area contributed by atoms with Crippen molar-refractivity contribution in [2.45, 2.75) is 77.7 Å². The fraction of sp³-hybridized carbons (Fsp3) is 0.571. The molecule has 1 heterocycles. The molecule has 0 bridgehead atoms. The van der Waals surface area contributed by atoms with Crippen LogP contribution >= 0.6 is 0 Å². The minimum Gasteiger partial charge on any atom is -0.507 e. The Bertz CT molecular complexity index is 844. The predicted molar refractivity (Wildman–Crippen MR) is 134 cm³/mol. The van der Waals surface area contributed by atoms with E-state index in [1.54, 1.807) is 0 Å². The van der Waals surface area contributed by atoms with E-state index in [0.29, 0.717) is 5.75 Å². The number of piperidine rings is 1. The van der Waals surface area contributed by atoms with Crippen molar-refractivity contribution in [3.8, 4) is 5.75 Å². The van der Waals surface area contributed by atoms with E-state index < -0.39 is 0 Å². The van der Waals surface area contributed by atoms with E-state index in [-0.39, 0.29) is 16.9 Å². The summed E-state index contributed by atoms with van der Waals surface area (Å²) in [5, 5.41) is 11.2. The highest BCUT2D eigenvalue weighted by Crippen LogP contribution is 2.43. The molecule has 0 spiro atoms. The minimum absolute atomic E-state index is 0.124. The van der Waals surface area contributed by atoms with Gasteiger partial charge in [0, 0.05) is 19.8 Å². The van der Waals surface area contributed by atoms with E-state index in [2.05, 4.69) is 102 Å². The van der Waals surface area contributed by atoms with E-state index >= 15 is 0 Å². The number of nitrogens with zero attached hydrogens (tertiary/aromatic N) is 2. The lowest BCUT2D eigenvalue weighted by Crippen LogP contribution is -2.35. The largest absolute Gasteiger partial charge is 0.507 e. The minimum atomic E-state index is -0.124. The molecule has 0 unspecified atom stereocenters. The predicted octanol–water partition coefficient (Wildman–Crippen LogP) is 6.63. The third kappa shape index (κ3) is 5.26. The molecular weight excluding hydrogens is 380 g/mol. The SMILES string of the molecule is CN(C)c1ccc([C@H](c2cc(C(C)(C)C)c(O)c(C(C)(C)C)c2)N2CCCCC2)cc1. The van der Waals surface area contributed by atoms with Gasteiger partial charge >= 0.3 is 0 Å². The molecule has 3 heteroatoms. The first kappa shape index (κ1) is 23.7. The van der Waals surface area contributed by atoms with Gasteiger partial charge in [0.2, 0.25) is 0 Å². The Labute approximate surface area is 190 Å². The van der Waals surface area contributed by atoms with E-state index in [0.717, 1.165) is 24.2 Å². The summed E-state index contributed by atoms with van der Waals surface area (Å²) in [4.78, 5) is 4.79. The second-order valence-corrected chi connectivity index (χ2v) is 11.4. The monoisotopic (exact) mass is 422 g/mol. The Morgan fingerprint density at radius 1 is 0.774 bits per heavy atom. The summed E-state index contributed by atoms with van der Waals surface area (Å²) in [5.74, 6) is 0.462. The summed E-state index contributed by atoms with van der Waals surface area (Å²) in [7, 11) is 4.17. The van der Waals surface area contributed by atoms with Crippen molar-refractivity contribution < 1.29 is 5.11 Å². The molecule has 1 saturated heterocycles. The summed E-state index contributed by atoms with van der Waals surface area (Å²) >= 11 is 0. The van der Waals surface area contributed by atoms with Gasteiger partial charge in [-0.1, -0.05) is 60.1 Å². The molecule has 1 N–H and O–H groups in total. The molecule has 2 aromatic rings. The standard InChI is InChI=1S/C28H42N2O/c1-27(2,3)23-18-21(19-24(26(23)31)28(4,5)6)25(30-16-10-9-11-17-30)20-12-14-22(15-13-20)29(7)8/h12-15,18-19,25,31H,9-11,16-17H2,1-8H3/t25-/m1/s1. The molecule has 0 aliphatic carbocycles. The smallest absolute Gasteiger partial charge is 0.123 e. The molecule has 1 atom stereocenters. The number of hydrogen-bond acceptors (Lipinski definition) is 3. The first-order valence-electron chi connectivity index (χ1n) is 11.8. The average Bonchev–Trinajstić information content (AvgIpc) is 2.68. The molecule has 1 aliphatic rings. The molecular formula is C28H42N2O. The van der Waals surface area contributed by atoms with Crippen molar-refractivity contribution in [3.05, 3.63) is 58.7 Å². The highest BCUT2D eigenvalue weighted by Gasteiger charge is 2.31. The molecule has 1 fully saturated rings. The molecule has 1 aliphatic heterocycles. The Balaban J connectivity index is 2.20. The van der Waals surface area contributed by atoms with Crippen LogP contribution in [-0.4, -0.2) is 37.2 Å². The zero-order valence-corrected chi connectivity index (χ0v) is 20.9. The van der Waals surface area contributed by atoms with Crippen LogP contribution in [0.1, 0.15) is 89.1 Å². The number of phenols is 1. The van der Waals surface area contributed by atoms with Crippen LogP contribution in [0, 0.1) is 0 Å². The van der Waals surface area contributed by atoms with E-state index in [1.165, 1.54) is 36.1 Å². The van der Waals surface area contributed by atoms with Gasteiger partial charge in [0.25, 0.3) is 0 Å². The molecule has 2 aromatic carbocycles. The van der Waals surface area contributed by atoms with Gasteiger partial charge in [0.05, 0.1) is 6.04 Å². The molecule has 31 heavy (non-hydrogen) atoms. The zero-order chi connectivity index (χ0) is 23.0. The molecule has 0 aromatic heterocycles. The highest BCUT2D eigenvalue weighted by molar-refractivity contribution is 5.53. The van der Waals surface area contributed by atoms with Crippen molar-refractivity contribution in [2.75, 3.05) is 32.1 Å². The maximum absolute atomic E-state index is 11.2. The summed E-state index contributed by atoms with van der Waals surface area (Å²) in [6, 6.07) is 13.8. The number of anilines is 1. The number of phenolic OH excluding ortho intramolecular Hbond substituents is 1. The van der Waals surface area contributed by atoms with Gasteiger partial charge < -0.3 is 10.0 Å². The van der Waals surface area contributed by atoms with Crippen molar-refractivity contribution in [1.82, 2.24) is 4.90 Å². The lowest BCUT2D eigenvalue weighted by molar-refractivity contribution is 0.187. The lowest BCUT2D eigenvalue weighted by atomic mass is 9.77. The second kappa shape index (κ2) is 8.86. The van der Waals surface area contributed by atoms with Crippen LogP contribution in [0.3, 0.4) is 0 Å². The van der Waals surface area contributed by atoms with Crippen LogP contribution in [0.15, 0.2) is 36.4 Å². The van der Waals surface area contributed by atoms with Crippen molar-refractivity contribution in [1.29, 1.82) is 0 Å². The molecule has 0 radical (unpaired) electrons. The fourth-order valence-electron chi connectivity index (χ4n) is 4.70. The van der Waals surface area contributed by atoms with Crippen LogP contribution in [0.25, 0.3) is 0 Å². The fourth-order valence-corrected chi connectivity index (χ4v) is 4.70. The van der Waals surface area contributed by atoms with E-state index in [1.807, 2.05) is 0 Å². The summed E-state index contributed by atoms with van der Waals surface area (Å²) in [5.41, 5.74) is 5.69. The number of hydrogen-bond donors (Lipinski definition) is 1. The summed E-state index contributed by atoms with van der Waals surface area (Å²) in [6.45, 7) is 15.4. The summed E-state index contributed by atoms with van der Waals surface area (Å²) < 4.78 is 0. The zero-order valence-electron chi connectivity index (χ0n) is 20.9. The third-order valence-corrected chi connectivity index (χ3v) is 6.55. The van der Waals surface area contributed by atoms with Crippen molar-refractivity contribution in [3.63, 3.8) is 0 Å². The third-order valence-electron chi connectivity index (χ3n) is 6.55. The van der Waals surface area contributed by atoms with Gasteiger partial charge in [0.1, 0.15) is 5.75 Å². The van der Waals surface area contributed by atoms with Gasteiger partial charge in [-0.15, -0.1) is 0 Å². The van der Waals surface area contributed by atoms with Crippen LogP contribution in [-0.2, 0) is 10.8 Å². The second-order valence-electron chi connectivity index (χ2n) is 11.4. The first-order valence-corrected chi connectivity index (χ1v) is 11.8. The van der Waals surface area contributed by atoms with E-state index in [4.69, 9.17) is 0 Å². The average molecular weight is 423 g/mol. The number of rotatable bonds is 4. The number of likely N-dealkylation sites (tertiary alicyclic amines) is 1.